The molecule has 4 heteroatoms. The number of hydrogen-bond donors (Lipinski definition) is 0. The number of rotatable bonds is 6. The first kappa shape index (κ1) is 18.8. The predicted molar refractivity (Wildman–Crippen MR) is 112 cm³/mol. The molecule has 0 radical (unpaired) electrons. The van der Waals surface area contributed by atoms with Crippen molar-refractivity contribution in [3.05, 3.63) is 71.8 Å². The summed E-state index contributed by atoms with van der Waals surface area (Å²) in [5, 5.41) is 0. The van der Waals surface area contributed by atoms with Gasteiger partial charge in [-0.05, 0) is 35.6 Å². The first-order valence-electron chi connectivity index (χ1n) is 10.1. The molecule has 1 saturated heterocycles. The van der Waals surface area contributed by atoms with Gasteiger partial charge in [-0.25, -0.2) is 0 Å². The normalized spacial score (nSPS) is 22.4. The van der Waals surface area contributed by atoms with Gasteiger partial charge in [0.2, 0.25) is 5.91 Å². The third kappa shape index (κ3) is 4.45. The minimum absolute atomic E-state index is 0.165. The van der Waals surface area contributed by atoms with Crippen LogP contribution < -0.4 is 4.74 Å². The molecule has 4 nitrogen and oxygen atoms in total. The van der Waals surface area contributed by atoms with Gasteiger partial charge in [0.1, 0.15) is 5.75 Å². The van der Waals surface area contributed by atoms with E-state index >= 15 is 0 Å². The Morgan fingerprint density at radius 1 is 1.04 bits per heavy atom. The number of carbonyl (C=O) groups is 1. The molecule has 2 aliphatic rings. The first-order valence-corrected chi connectivity index (χ1v) is 10.1. The Hall–Kier alpha value is -2.59. The van der Waals surface area contributed by atoms with Gasteiger partial charge in [-0.1, -0.05) is 54.6 Å². The third-order valence-electron chi connectivity index (χ3n) is 5.81. The van der Waals surface area contributed by atoms with Crippen molar-refractivity contribution in [1.82, 2.24) is 9.80 Å². The van der Waals surface area contributed by atoms with Crippen LogP contribution in [0.1, 0.15) is 23.5 Å². The maximum atomic E-state index is 12.8. The van der Waals surface area contributed by atoms with Gasteiger partial charge in [-0.3, -0.25) is 9.69 Å². The average molecular weight is 377 g/mol. The lowest BCUT2D eigenvalue weighted by atomic mass is 10.1. The summed E-state index contributed by atoms with van der Waals surface area (Å²) >= 11 is 0. The van der Waals surface area contributed by atoms with E-state index in [9.17, 15) is 4.79 Å². The lowest BCUT2D eigenvalue weighted by molar-refractivity contribution is -0.134. The van der Waals surface area contributed by atoms with E-state index in [1.54, 1.807) is 7.11 Å². The summed E-state index contributed by atoms with van der Waals surface area (Å²) in [5.41, 5.74) is 2.48. The van der Waals surface area contributed by atoms with Crippen LogP contribution in [0.4, 0.5) is 0 Å². The third-order valence-corrected chi connectivity index (χ3v) is 5.81. The Kier molecular flexibility index (Phi) is 5.77. The Bertz CT molecular complexity index is 808. The average Bonchev–Trinajstić information content (AvgIpc) is 3.55. The SMILES string of the molecule is COc1ccc(C2CC2C(=O)N2CCN(C/C=C/c3ccccc3)CC2)cc1. The van der Waals surface area contributed by atoms with E-state index in [-0.39, 0.29) is 5.92 Å². The summed E-state index contributed by atoms with van der Waals surface area (Å²) < 4.78 is 5.22. The highest BCUT2D eigenvalue weighted by Crippen LogP contribution is 2.48. The minimum Gasteiger partial charge on any atom is -0.497 e. The fourth-order valence-electron chi connectivity index (χ4n) is 3.97. The molecule has 2 aromatic carbocycles. The molecule has 4 rings (SSSR count). The van der Waals surface area contributed by atoms with Gasteiger partial charge in [0.05, 0.1) is 7.11 Å². The maximum absolute atomic E-state index is 12.8. The number of benzene rings is 2. The minimum atomic E-state index is 0.165. The van der Waals surface area contributed by atoms with E-state index in [0.717, 1.165) is 44.9 Å². The summed E-state index contributed by atoms with van der Waals surface area (Å²) in [7, 11) is 1.68. The monoisotopic (exact) mass is 376 g/mol. The Balaban J connectivity index is 1.23. The predicted octanol–water partition coefficient (Wildman–Crippen LogP) is 3.66. The molecule has 2 atom stereocenters. The topological polar surface area (TPSA) is 32.8 Å². The molecule has 1 aliphatic carbocycles. The molecule has 2 fully saturated rings. The summed E-state index contributed by atoms with van der Waals surface area (Å²) in [5.74, 6) is 1.74. The van der Waals surface area contributed by atoms with Crippen LogP contribution in [0.5, 0.6) is 5.75 Å². The summed E-state index contributed by atoms with van der Waals surface area (Å²) in [4.78, 5) is 17.3. The molecule has 0 spiro atoms. The van der Waals surface area contributed by atoms with Crippen LogP contribution in [0.3, 0.4) is 0 Å². The smallest absolute Gasteiger partial charge is 0.226 e. The van der Waals surface area contributed by atoms with Gasteiger partial charge in [0, 0.05) is 38.6 Å². The lowest BCUT2D eigenvalue weighted by Crippen LogP contribution is -2.49. The van der Waals surface area contributed by atoms with Crippen molar-refractivity contribution in [2.75, 3.05) is 39.8 Å². The van der Waals surface area contributed by atoms with Crippen LogP contribution in [0, 0.1) is 5.92 Å². The molecule has 2 unspecified atom stereocenters. The number of hydrogen-bond acceptors (Lipinski definition) is 3. The Labute approximate surface area is 167 Å². The van der Waals surface area contributed by atoms with Crippen LogP contribution in [-0.2, 0) is 4.79 Å². The molecule has 0 N–H and O–H groups in total. The standard InChI is InChI=1S/C24H28N2O2/c1-28-21-11-9-20(10-12-21)22-18-23(22)24(27)26-16-14-25(15-17-26)13-5-8-19-6-3-2-4-7-19/h2-12,22-23H,13-18H2,1H3/b8-5+. The second-order valence-corrected chi connectivity index (χ2v) is 7.66. The van der Waals surface area contributed by atoms with E-state index in [1.165, 1.54) is 11.1 Å². The molecule has 1 amide bonds. The van der Waals surface area contributed by atoms with Gasteiger partial charge in [0.15, 0.2) is 0 Å². The zero-order chi connectivity index (χ0) is 19.3. The molecule has 0 bridgehead atoms. The van der Waals surface area contributed by atoms with Crippen LogP contribution in [0.15, 0.2) is 60.7 Å². The van der Waals surface area contributed by atoms with E-state index in [4.69, 9.17) is 4.74 Å². The molecule has 1 saturated carbocycles. The first-order chi connectivity index (χ1) is 13.7. The van der Waals surface area contributed by atoms with Crippen molar-refractivity contribution in [3.8, 4) is 5.75 Å². The van der Waals surface area contributed by atoms with Crippen LogP contribution in [-0.4, -0.2) is 55.5 Å². The van der Waals surface area contributed by atoms with Crippen molar-refractivity contribution in [2.24, 2.45) is 5.92 Å². The highest BCUT2D eigenvalue weighted by atomic mass is 16.5. The summed E-state index contributed by atoms with van der Waals surface area (Å²) in [6.45, 7) is 4.51. The molecule has 146 valence electrons. The summed E-state index contributed by atoms with van der Waals surface area (Å²) in [6.07, 6.45) is 5.36. The van der Waals surface area contributed by atoms with E-state index in [1.807, 2.05) is 18.2 Å². The molecule has 1 heterocycles. The number of piperazine rings is 1. The number of methoxy groups -OCH3 is 1. The number of ether oxygens (including phenoxy) is 1. The van der Waals surface area contributed by atoms with Crippen LogP contribution in [0.25, 0.3) is 6.08 Å². The fraction of sp³-hybridized carbons (Fsp3) is 0.375. The molecular formula is C24H28N2O2. The quantitative estimate of drug-likeness (QED) is 0.771. The molecule has 2 aromatic rings. The van der Waals surface area contributed by atoms with Crippen LogP contribution >= 0.6 is 0 Å². The van der Waals surface area contributed by atoms with Crippen molar-refractivity contribution >= 4 is 12.0 Å². The molecular weight excluding hydrogens is 348 g/mol. The highest BCUT2D eigenvalue weighted by Gasteiger charge is 2.46. The maximum Gasteiger partial charge on any atom is 0.226 e. The van der Waals surface area contributed by atoms with E-state index in [0.29, 0.717) is 11.8 Å². The van der Waals surface area contributed by atoms with E-state index < -0.39 is 0 Å². The Morgan fingerprint density at radius 3 is 2.43 bits per heavy atom. The molecule has 0 aromatic heterocycles. The highest BCUT2D eigenvalue weighted by molar-refractivity contribution is 5.83. The number of amides is 1. The zero-order valence-electron chi connectivity index (χ0n) is 16.5. The van der Waals surface area contributed by atoms with Gasteiger partial charge >= 0.3 is 0 Å². The van der Waals surface area contributed by atoms with Crippen LogP contribution in [0.2, 0.25) is 0 Å². The largest absolute Gasteiger partial charge is 0.497 e. The fourth-order valence-corrected chi connectivity index (χ4v) is 3.97. The second-order valence-electron chi connectivity index (χ2n) is 7.66. The molecule has 1 aliphatic heterocycles. The van der Waals surface area contributed by atoms with Gasteiger partial charge < -0.3 is 9.64 Å². The van der Waals surface area contributed by atoms with Gasteiger partial charge in [0.25, 0.3) is 0 Å². The molecule has 28 heavy (non-hydrogen) atoms. The summed E-state index contributed by atoms with van der Waals surface area (Å²) in [6, 6.07) is 18.5. The van der Waals surface area contributed by atoms with Crippen molar-refractivity contribution in [1.29, 1.82) is 0 Å². The zero-order valence-corrected chi connectivity index (χ0v) is 16.5. The lowest BCUT2D eigenvalue weighted by Gasteiger charge is -2.34. The van der Waals surface area contributed by atoms with Crippen molar-refractivity contribution < 1.29 is 9.53 Å². The van der Waals surface area contributed by atoms with Gasteiger partial charge in [-0.2, -0.15) is 0 Å². The Morgan fingerprint density at radius 2 is 1.75 bits per heavy atom. The second kappa shape index (κ2) is 8.61. The number of nitrogens with zero attached hydrogens (tertiary/aromatic N) is 2. The van der Waals surface area contributed by atoms with E-state index in [2.05, 4.69) is 58.4 Å². The van der Waals surface area contributed by atoms with Crippen molar-refractivity contribution in [2.45, 2.75) is 12.3 Å². The van der Waals surface area contributed by atoms with Gasteiger partial charge in [-0.15, -0.1) is 0 Å². The van der Waals surface area contributed by atoms with Crippen molar-refractivity contribution in [3.63, 3.8) is 0 Å². The number of carbonyl (C=O) groups excluding carboxylic acids is 1.